The van der Waals surface area contributed by atoms with E-state index in [1.807, 2.05) is 24.4 Å². The minimum atomic E-state index is -0.417. The van der Waals surface area contributed by atoms with Crippen molar-refractivity contribution >= 4 is 34.7 Å². The predicted molar refractivity (Wildman–Crippen MR) is 132 cm³/mol. The summed E-state index contributed by atoms with van der Waals surface area (Å²) < 4.78 is 0. The van der Waals surface area contributed by atoms with Gasteiger partial charge < -0.3 is 10.2 Å². The molecule has 7 nitrogen and oxygen atoms in total. The molecule has 5 rings (SSSR count). The van der Waals surface area contributed by atoms with Gasteiger partial charge in [-0.05, 0) is 50.7 Å². The standard InChI is InChI=1S/C26H32N4O3S/c1-17(24-27-12-14-34-24)30-25(32)20-10-5-11-21(22(20)26(30)33)29-13-6-9-19(16-29)23(31)28-15-18-7-3-2-4-8-18/h5,10-12,14,17-19H,2-4,6-9,13,15-16H2,1H3,(H,28,31)/t17-,19-/m0/s1. The average molecular weight is 481 g/mol. The van der Waals surface area contributed by atoms with Gasteiger partial charge in [0, 0.05) is 31.2 Å². The Bertz CT molecular complexity index is 1060. The molecule has 0 spiro atoms. The van der Waals surface area contributed by atoms with Crippen molar-refractivity contribution in [3.63, 3.8) is 0 Å². The van der Waals surface area contributed by atoms with Crippen LogP contribution in [0.1, 0.15) is 83.6 Å². The van der Waals surface area contributed by atoms with E-state index >= 15 is 0 Å². The number of fused-ring (bicyclic) bond motifs is 1. The highest BCUT2D eigenvalue weighted by atomic mass is 32.1. The number of carbonyl (C=O) groups is 3. The van der Waals surface area contributed by atoms with Gasteiger partial charge in [0.25, 0.3) is 11.8 Å². The van der Waals surface area contributed by atoms with Crippen molar-refractivity contribution in [2.24, 2.45) is 11.8 Å². The minimum Gasteiger partial charge on any atom is -0.370 e. The van der Waals surface area contributed by atoms with Crippen molar-refractivity contribution in [1.82, 2.24) is 15.2 Å². The third-order valence-electron chi connectivity index (χ3n) is 7.54. The summed E-state index contributed by atoms with van der Waals surface area (Å²) in [6, 6.07) is 5.05. The van der Waals surface area contributed by atoms with Crippen LogP contribution in [0.15, 0.2) is 29.8 Å². The molecule has 1 aromatic carbocycles. The molecule has 2 aliphatic heterocycles. The van der Waals surface area contributed by atoms with Crippen molar-refractivity contribution in [2.45, 2.75) is 57.9 Å². The van der Waals surface area contributed by atoms with Crippen LogP contribution in [-0.4, -0.2) is 47.2 Å². The Morgan fingerprint density at radius 3 is 2.74 bits per heavy atom. The highest BCUT2D eigenvalue weighted by molar-refractivity contribution is 7.09. The number of rotatable bonds is 6. The van der Waals surface area contributed by atoms with Crippen LogP contribution in [0.4, 0.5) is 5.69 Å². The first-order valence-electron chi connectivity index (χ1n) is 12.5. The predicted octanol–water partition coefficient (Wildman–Crippen LogP) is 4.41. The molecule has 1 aliphatic carbocycles. The number of anilines is 1. The van der Waals surface area contributed by atoms with Gasteiger partial charge in [0.05, 0.1) is 28.8 Å². The smallest absolute Gasteiger partial charge is 0.264 e. The van der Waals surface area contributed by atoms with Crippen LogP contribution in [0.5, 0.6) is 0 Å². The summed E-state index contributed by atoms with van der Waals surface area (Å²) in [5, 5.41) is 5.79. The maximum absolute atomic E-state index is 13.5. The van der Waals surface area contributed by atoms with Crippen LogP contribution in [-0.2, 0) is 4.79 Å². The van der Waals surface area contributed by atoms with E-state index in [9.17, 15) is 14.4 Å². The molecule has 3 heterocycles. The quantitative estimate of drug-likeness (QED) is 0.619. The zero-order valence-electron chi connectivity index (χ0n) is 19.7. The fourth-order valence-corrected chi connectivity index (χ4v) is 6.33. The van der Waals surface area contributed by atoms with Crippen LogP contribution in [0.2, 0.25) is 0 Å². The average Bonchev–Trinajstić information content (AvgIpc) is 3.50. The third-order valence-corrected chi connectivity index (χ3v) is 8.49. The Kier molecular flexibility index (Phi) is 6.68. The molecule has 2 aromatic rings. The van der Waals surface area contributed by atoms with Gasteiger partial charge in [0.15, 0.2) is 0 Å². The van der Waals surface area contributed by atoms with E-state index in [-0.39, 0.29) is 23.6 Å². The normalized spacial score (nSPS) is 22.1. The van der Waals surface area contributed by atoms with Crippen molar-refractivity contribution in [2.75, 3.05) is 24.5 Å². The second-order valence-corrected chi connectivity index (χ2v) is 10.7. The summed E-state index contributed by atoms with van der Waals surface area (Å²) in [6.07, 6.45) is 9.68. The molecule has 1 saturated heterocycles. The van der Waals surface area contributed by atoms with E-state index in [0.29, 0.717) is 23.6 Å². The Morgan fingerprint density at radius 2 is 1.97 bits per heavy atom. The molecule has 34 heavy (non-hydrogen) atoms. The van der Waals surface area contributed by atoms with Crippen molar-refractivity contribution in [1.29, 1.82) is 0 Å². The van der Waals surface area contributed by atoms with Crippen LogP contribution in [0.25, 0.3) is 0 Å². The Morgan fingerprint density at radius 1 is 1.15 bits per heavy atom. The van der Waals surface area contributed by atoms with E-state index in [2.05, 4.69) is 15.2 Å². The fraction of sp³-hybridized carbons (Fsp3) is 0.538. The molecule has 0 unspecified atom stereocenters. The highest BCUT2D eigenvalue weighted by Gasteiger charge is 2.42. The largest absolute Gasteiger partial charge is 0.370 e. The minimum absolute atomic E-state index is 0.106. The molecule has 0 bridgehead atoms. The van der Waals surface area contributed by atoms with Crippen molar-refractivity contribution in [3.8, 4) is 0 Å². The topological polar surface area (TPSA) is 82.6 Å². The second kappa shape index (κ2) is 9.86. The number of carbonyl (C=O) groups excluding carboxylic acids is 3. The highest BCUT2D eigenvalue weighted by Crippen LogP contribution is 2.38. The van der Waals surface area contributed by atoms with Gasteiger partial charge in [-0.25, -0.2) is 4.98 Å². The lowest BCUT2D eigenvalue weighted by molar-refractivity contribution is -0.125. The molecule has 1 aromatic heterocycles. The SMILES string of the molecule is C[C@@H](c1nccs1)N1C(=O)c2cccc(N3CCC[C@H](C(=O)NCC4CCCCC4)C3)c2C1=O. The van der Waals surface area contributed by atoms with Gasteiger partial charge in [-0.1, -0.05) is 25.3 Å². The maximum Gasteiger partial charge on any atom is 0.264 e. The van der Waals surface area contributed by atoms with Gasteiger partial charge in [-0.3, -0.25) is 19.3 Å². The first kappa shape index (κ1) is 23.0. The van der Waals surface area contributed by atoms with Crippen molar-refractivity contribution < 1.29 is 14.4 Å². The molecule has 1 N–H and O–H groups in total. The van der Waals surface area contributed by atoms with Gasteiger partial charge in [0.2, 0.25) is 5.91 Å². The zero-order valence-corrected chi connectivity index (χ0v) is 20.5. The van der Waals surface area contributed by atoms with Crippen LogP contribution in [0, 0.1) is 11.8 Å². The Balaban J connectivity index is 1.31. The summed E-state index contributed by atoms with van der Waals surface area (Å²) in [5.41, 5.74) is 1.66. The van der Waals surface area contributed by atoms with E-state index in [0.717, 1.165) is 36.6 Å². The number of piperidine rings is 1. The van der Waals surface area contributed by atoms with Crippen LogP contribution < -0.4 is 10.2 Å². The second-order valence-electron chi connectivity index (χ2n) is 9.76. The molecule has 1 saturated carbocycles. The number of hydrogen-bond donors (Lipinski definition) is 1. The fourth-order valence-electron chi connectivity index (χ4n) is 5.64. The molecule has 0 radical (unpaired) electrons. The van der Waals surface area contributed by atoms with Gasteiger partial charge in [0.1, 0.15) is 5.01 Å². The molecule has 180 valence electrons. The van der Waals surface area contributed by atoms with Crippen LogP contribution in [0.3, 0.4) is 0 Å². The van der Waals surface area contributed by atoms with Gasteiger partial charge in [-0.2, -0.15) is 0 Å². The molecule has 3 amide bonds. The number of hydrogen-bond acceptors (Lipinski definition) is 6. The lowest BCUT2D eigenvalue weighted by Gasteiger charge is -2.35. The van der Waals surface area contributed by atoms with Crippen molar-refractivity contribution in [3.05, 3.63) is 45.9 Å². The number of thiazole rings is 1. The van der Waals surface area contributed by atoms with Gasteiger partial charge >= 0.3 is 0 Å². The summed E-state index contributed by atoms with van der Waals surface area (Å²) in [7, 11) is 0. The zero-order chi connectivity index (χ0) is 23.7. The molecule has 2 fully saturated rings. The molecule has 8 heteroatoms. The number of imide groups is 1. The van der Waals surface area contributed by atoms with E-state index in [4.69, 9.17) is 0 Å². The Labute approximate surface area is 204 Å². The number of benzene rings is 1. The van der Waals surface area contributed by atoms with E-state index in [1.54, 1.807) is 12.3 Å². The number of nitrogens with one attached hydrogen (secondary N) is 1. The maximum atomic E-state index is 13.5. The van der Waals surface area contributed by atoms with E-state index < -0.39 is 6.04 Å². The first-order chi connectivity index (χ1) is 16.5. The summed E-state index contributed by atoms with van der Waals surface area (Å²) in [4.78, 5) is 47.4. The monoisotopic (exact) mass is 480 g/mol. The summed E-state index contributed by atoms with van der Waals surface area (Å²) >= 11 is 1.44. The number of amides is 3. The van der Waals surface area contributed by atoms with Gasteiger partial charge in [-0.15, -0.1) is 11.3 Å². The summed E-state index contributed by atoms with van der Waals surface area (Å²) in [5.74, 6) is 0.0600. The van der Waals surface area contributed by atoms with E-state index in [1.165, 1.54) is 48.3 Å². The number of nitrogens with zero attached hydrogens (tertiary/aromatic N) is 3. The molecule has 2 atom stereocenters. The first-order valence-corrected chi connectivity index (χ1v) is 13.4. The summed E-state index contributed by atoms with van der Waals surface area (Å²) in [6.45, 7) is 3.95. The lowest BCUT2D eigenvalue weighted by Crippen LogP contribution is -2.44. The molecule has 3 aliphatic rings. The molecular weight excluding hydrogens is 448 g/mol. The van der Waals surface area contributed by atoms with Crippen LogP contribution >= 0.6 is 11.3 Å². The number of aromatic nitrogens is 1. The molecular formula is C26H32N4O3S. The third kappa shape index (κ3) is 4.35. The lowest BCUT2D eigenvalue weighted by atomic mass is 9.89. The Hall–Kier alpha value is -2.74.